The van der Waals surface area contributed by atoms with Gasteiger partial charge in [0, 0.05) is 40.0 Å². The topological polar surface area (TPSA) is 119 Å². The number of fused-ring (bicyclic) bond motifs is 7. The zero-order valence-electron chi connectivity index (χ0n) is 25.7. The maximum absolute atomic E-state index is 17.6. The van der Waals surface area contributed by atoms with Gasteiger partial charge in [0.05, 0.1) is 12.2 Å². The van der Waals surface area contributed by atoms with E-state index in [0.717, 1.165) is 16.7 Å². The van der Waals surface area contributed by atoms with Crippen LogP contribution in [0.1, 0.15) is 67.3 Å². The Balaban J connectivity index is 1.17. The van der Waals surface area contributed by atoms with E-state index in [1.807, 2.05) is 44.2 Å². The molecule has 0 unspecified atom stereocenters. The van der Waals surface area contributed by atoms with Crippen LogP contribution < -0.4 is 5.73 Å². The molecule has 0 bridgehead atoms. The Bertz CT molecular complexity index is 1650. The van der Waals surface area contributed by atoms with Crippen LogP contribution in [-0.4, -0.2) is 51.9 Å². The van der Waals surface area contributed by atoms with Crippen LogP contribution in [0.25, 0.3) is 0 Å². The largest absolute Gasteiger partial charge is 0.399 e. The number of halogens is 1. The van der Waals surface area contributed by atoms with Crippen molar-refractivity contribution in [2.24, 2.45) is 22.7 Å². The fourth-order valence-electron chi connectivity index (χ4n) is 9.62. The molecule has 4 N–H and O–H groups in total. The number of Topliss-reactive ketones (excluding diaryl/α,β-unsaturated/α-hetero) is 2. The maximum atomic E-state index is 17.6. The van der Waals surface area contributed by atoms with E-state index in [-0.39, 0.29) is 24.5 Å². The van der Waals surface area contributed by atoms with Crippen LogP contribution in [0.4, 0.5) is 10.1 Å². The minimum Gasteiger partial charge on any atom is -0.399 e. The molecule has 0 radical (unpaired) electrons. The number of alkyl halides is 1. The van der Waals surface area contributed by atoms with Gasteiger partial charge in [-0.2, -0.15) is 0 Å². The second-order valence-electron chi connectivity index (χ2n) is 14.0. The Morgan fingerprint density at radius 2 is 1.89 bits per heavy atom. The van der Waals surface area contributed by atoms with E-state index in [1.54, 1.807) is 36.4 Å². The number of rotatable bonds is 6. The fraction of sp³-hybridized carbons (Fsp3) is 0.459. The summed E-state index contributed by atoms with van der Waals surface area (Å²) in [6, 6.07) is 14.1. The molecule has 4 aliphatic carbocycles. The summed E-state index contributed by atoms with van der Waals surface area (Å²) < 4.78 is 30.7. The molecule has 0 aromatic heterocycles. The van der Waals surface area contributed by atoms with Crippen molar-refractivity contribution in [1.29, 1.82) is 0 Å². The molecule has 4 fully saturated rings. The Kier molecular flexibility index (Phi) is 6.91. The lowest BCUT2D eigenvalue weighted by Gasteiger charge is -2.62. The summed E-state index contributed by atoms with van der Waals surface area (Å²) in [5.74, 6) is -1.46. The SMILES string of the molecule is C=C1C=C[C@@]2(C)C(=C1)CC[C@H]1[C@@H]3C[C@H]4O[C@@H](c5ccc(C(=O)Cc6cccc(N)c6)cc5)O[C@@]4(C(=O)CO)[C@@]3(C)C[C@H](O)[C@@]12F. The zero-order valence-corrected chi connectivity index (χ0v) is 25.7. The van der Waals surface area contributed by atoms with Gasteiger partial charge in [0.2, 0.25) is 0 Å². The molecule has 45 heavy (non-hydrogen) atoms. The molecule has 2 aromatic rings. The quantitative estimate of drug-likeness (QED) is 0.296. The number of benzene rings is 2. The van der Waals surface area contributed by atoms with Crippen LogP contribution in [0.5, 0.6) is 0 Å². The predicted molar refractivity (Wildman–Crippen MR) is 167 cm³/mol. The van der Waals surface area contributed by atoms with Crippen molar-refractivity contribution in [1.82, 2.24) is 0 Å². The molecule has 7 nitrogen and oxygen atoms in total. The molecular formula is C37H40FNO6. The molecule has 1 aliphatic heterocycles. The van der Waals surface area contributed by atoms with E-state index in [2.05, 4.69) is 6.58 Å². The molecular weight excluding hydrogens is 573 g/mol. The molecule has 0 amide bonds. The van der Waals surface area contributed by atoms with Crippen molar-refractivity contribution in [2.45, 2.75) is 75.7 Å². The number of carbonyl (C=O) groups is 2. The highest BCUT2D eigenvalue weighted by Crippen LogP contribution is 2.72. The highest BCUT2D eigenvalue weighted by molar-refractivity contribution is 5.97. The van der Waals surface area contributed by atoms with Crippen LogP contribution in [0, 0.1) is 22.7 Å². The van der Waals surface area contributed by atoms with E-state index in [4.69, 9.17) is 15.2 Å². The summed E-state index contributed by atoms with van der Waals surface area (Å²) in [6.07, 6.45) is 4.30. The summed E-state index contributed by atoms with van der Waals surface area (Å²) in [4.78, 5) is 26.7. The molecule has 8 heteroatoms. The predicted octanol–water partition coefficient (Wildman–Crippen LogP) is 5.38. The van der Waals surface area contributed by atoms with Crippen molar-refractivity contribution < 1.29 is 33.7 Å². The van der Waals surface area contributed by atoms with Gasteiger partial charge >= 0.3 is 0 Å². The Hall–Kier alpha value is -3.43. The lowest BCUT2D eigenvalue weighted by Crippen LogP contribution is -2.69. The van der Waals surface area contributed by atoms with Gasteiger partial charge < -0.3 is 25.4 Å². The summed E-state index contributed by atoms with van der Waals surface area (Å²) in [5.41, 5.74) is 4.66. The van der Waals surface area contributed by atoms with Gasteiger partial charge in [-0.3, -0.25) is 9.59 Å². The fourth-order valence-corrected chi connectivity index (χ4v) is 9.62. The monoisotopic (exact) mass is 613 g/mol. The third-order valence-corrected chi connectivity index (χ3v) is 11.9. The molecule has 1 saturated heterocycles. The van der Waals surface area contributed by atoms with E-state index in [0.29, 0.717) is 36.1 Å². The lowest BCUT2D eigenvalue weighted by atomic mass is 9.44. The van der Waals surface area contributed by atoms with E-state index < -0.39 is 58.9 Å². The summed E-state index contributed by atoms with van der Waals surface area (Å²) >= 11 is 0. The second kappa shape index (κ2) is 10.3. The van der Waals surface area contributed by atoms with Gasteiger partial charge in [0.15, 0.2) is 29.1 Å². The minimum absolute atomic E-state index is 0.0158. The number of anilines is 1. The number of ether oxygens (including phenoxy) is 2. The van der Waals surface area contributed by atoms with Crippen LogP contribution in [0.2, 0.25) is 0 Å². The molecule has 2 aromatic carbocycles. The maximum Gasteiger partial charge on any atom is 0.193 e. The molecule has 3 saturated carbocycles. The molecule has 7 rings (SSSR count). The molecule has 1 heterocycles. The first-order valence-electron chi connectivity index (χ1n) is 15.8. The highest BCUT2D eigenvalue weighted by Gasteiger charge is 2.79. The first-order valence-corrected chi connectivity index (χ1v) is 15.8. The first kappa shape index (κ1) is 30.2. The number of nitrogen functional groups attached to an aromatic ring is 1. The van der Waals surface area contributed by atoms with Crippen molar-refractivity contribution >= 4 is 17.3 Å². The van der Waals surface area contributed by atoms with Crippen LogP contribution >= 0.6 is 0 Å². The van der Waals surface area contributed by atoms with Gasteiger partial charge in [-0.25, -0.2) is 4.39 Å². The van der Waals surface area contributed by atoms with E-state index in [1.165, 1.54) is 0 Å². The van der Waals surface area contributed by atoms with Crippen molar-refractivity contribution in [3.8, 4) is 0 Å². The summed E-state index contributed by atoms with van der Waals surface area (Å²) in [5, 5.41) is 22.0. The summed E-state index contributed by atoms with van der Waals surface area (Å²) in [6.45, 7) is 7.02. The zero-order chi connectivity index (χ0) is 31.9. The highest BCUT2D eigenvalue weighted by atomic mass is 19.1. The van der Waals surface area contributed by atoms with Gasteiger partial charge in [0.25, 0.3) is 0 Å². The molecule has 0 spiro atoms. The third kappa shape index (κ3) is 4.08. The average molecular weight is 614 g/mol. The second-order valence-corrected chi connectivity index (χ2v) is 14.0. The number of allylic oxidation sites excluding steroid dienone is 5. The number of nitrogens with two attached hydrogens (primary N) is 1. The third-order valence-electron chi connectivity index (χ3n) is 11.9. The lowest BCUT2D eigenvalue weighted by molar-refractivity contribution is -0.231. The Labute approximate surface area is 262 Å². The van der Waals surface area contributed by atoms with Crippen LogP contribution in [-0.2, 0) is 20.7 Å². The summed E-state index contributed by atoms with van der Waals surface area (Å²) in [7, 11) is 0. The molecule has 9 atom stereocenters. The van der Waals surface area contributed by atoms with E-state index in [9.17, 15) is 19.8 Å². The van der Waals surface area contributed by atoms with Gasteiger partial charge in [-0.05, 0) is 61.8 Å². The normalized spacial score (nSPS) is 39.8. The first-order chi connectivity index (χ1) is 21.4. The smallest absolute Gasteiger partial charge is 0.193 e. The van der Waals surface area contributed by atoms with Gasteiger partial charge in [-0.1, -0.05) is 73.7 Å². The standard InChI is InChI=1S/C37H40FNO6/c1-21-13-14-34(2)25(15-21)11-12-27-28-18-32-37(31(43)20-40,35(28,3)19-30(42)36(27,34)38)45-33(44-32)24-9-7-23(8-10-24)29(41)17-22-5-4-6-26(39)16-22/h4-10,13-16,27-28,30,32-33,40,42H,1,11-12,17-20,39H2,2-3H3/t27-,28-,30-,32+,33+,34-,35-,36-,37+/m0/s1. The van der Waals surface area contributed by atoms with Gasteiger partial charge in [-0.15, -0.1) is 0 Å². The van der Waals surface area contributed by atoms with Crippen molar-refractivity contribution in [2.75, 3.05) is 12.3 Å². The number of aliphatic hydroxyl groups excluding tert-OH is 2. The number of hydrogen-bond acceptors (Lipinski definition) is 7. The number of carbonyl (C=O) groups excluding carboxylic acids is 2. The van der Waals surface area contributed by atoms with Crippen molar-refractivity contribution in [3.63, 3.8) is 0 Å². The van der Waals surface area contributed by atoms with E-state index >= 15 is 4.39 Å². The van der Waals surface area contributed by atoms with Crippen LogP contribution in [0.3, 0.4) is 0 Å². The number of hydrogen-bond donors (Lipinski definition) is 3. The minimum atomic E-state index is -1.95. The Morgan fingerprint density at radius 1 is 1.13 bits per heavy atom. The number of aliphatic hydroxyl groups is 2. The van der Waals surface area contributed by atoms with Crippen molar-refractivity contribution in [3.05, 3.63) is 101 Å². The van der Waals surface area contributed by atoms with Gasteiger partial charge in [0.1, 0.15) is 6.61 Å². The average Bonchev–Trinajstić information content (AvgIpc) is 3.51. The van der Waals surface area contributed by atoms with Crippen LogP contribution in [0.15, 0.2) is 84.5 Å². The molecule has 5 aliphatic rings. The Morgan fingerprint density at radius 3 is 2.60 bits per heavy atom. The number of ketones is 2. The molecule has 236 valence electrons.